The lowest BCUT2D eigenvalue weighted by atomic mass is 10.2. The fourth-order valence-corrected chi connectivity index (χ4v) is 2.73. The number of pyridine rings is 1. The fourth-order valence-electron chi connectivity index (χ4n) is 2.62. The van der Waals surface area contributed by atoms with Crippen molar-refractivity contribution in [3.63, 3.8) is 0 Å². The summed E-state index contributed by atoms with van der Waals surface area (Å²) >= 11 is 5.76. The Morgan fingerprint density at radius 1 is 1.12 bits per heavy atom. The molecule has 0 amide bonds. The predicted octanol–water partition coefficient (Wildman–Crippen LogP) is 3.13. The van der Waals surface area contributed by atoms with Crippen LogP contribution in [0.25, 0.3) is 0 Å². The molecule has 0 aliphatic carbocycles. The molecule has 2 aromatic rings. The van der Waals surface area contributed by atoms with Gasteiger partial charge in [-0.05, 0) is 35.9 Å². The van der Waals surface area contributed by atoms with E-state index in [2.05, 4.69) is 19.8 Å². The van der Waals surface area contributed by atoms with Gasteiger partial charge in [0.2, 0.25) is 0 Å². The van der Waals surface area contributed by atoms with Crippen LogP contribution in [0.2, 0.25) is 5.15 Å². The summed E-state index contributed by atoms with van der Waals surface area (Å²) in [5, 5.41) is 0.465. The maximum Gasteiger partial charge on any atom is 0.191 e. The minimum absolute atomic E-state index is 0. The van der Waals surface area contributed by atoms with Crippen LogP contribution in [0.15, 0.2) is 47.6 Å². The number of hydrogen-bond acceptors (Lipinski definition) is 3. The first-order chi connectivity index (χ1) is 11.6. The Labute approximate surface area is 168 Å². The number of aliphatic imine (C=N–C) groups is 1. The lowest BCUT2D eigenvalue weighted by molar-refractivity contribution is 0.380. The van der Waals surface area contributed by atoms with Crippen molar-refractivity contribution < 1.29 is 4.39 Å². The standard InChI is InChI=1S/C17H19ClFN5.HI/c18-16-6-1-13(11-21-16)12-22-17(20)24-9-7-23(8-10-24)15-4-2-14(19)3-5-15;/h1-6,11H,7-10,12H2,(H2,20,22);1H. The smallest absolute Gasteiger partial charge is 0.191 e. The van der Waals surface area contributed by atoms with Crippen LogP contribution in [0.1, 0.15) is 5.56 Å². The first-order valence-electron chi connectivity index (χ1n) is 7.77. The molecule has 2 N–H and O–H groups in total. The van der Waals surface area contributed by atoms with Crippen LogP contribution in [0, 0.1) is 5.82 Å². The van der Waals surface area contributed by atoms with E-state index in [-0.39, 0.29) is 29.8 Å². The largest absolute Gasteiger partial charge is 0.370 e. The van der Waals surface area contributed by atoms with Crippen molar-refractivity contribution in [3.05, 3.63) is 59.1 Å². The molecule has 0 atom stereocenters. The zero-order valence-electron chi connectivity index (χ0n) is 13.6. The first-order valence-corrected chi connectivity index (χ1v) is 8.15. The summed E-state index contributed by atoms with van der Waals surface area (Å²) in [4.78, 5) is 12.7. The highest BCUT2D eigenvalue weighted by Gasteiger charge is 2.18. The third kappa shape index (κ3) is 5.43. The minimum atomic E-state index is -0.217. The third-order valence-electron chi connectivity index (χ3n) is 4.01. The number of benzene rings is 1. The minimum Gasteiger partial charge on any atom is -0.370 e. The molecule has 0 unspecified atom stereocenters. The highest BCUT2D eigenvalue weighted by molar-refractivity contribution is 14.0. The van der Waals surface area contributed by atoms with Gasteiger partial charge in [-0.1, -0.05) is 17.7 Å². The molecule has 0 spiro atoms. The van der Waals surface area contributed by atoms with E-state index in [1.165, 1.54) is 12.1 Å². The maximum atomic E-state index is 13.0. The molecule has 5 nitrogen and oxygen atoms in total. The molecule has 0 saturated carbocycles. The number of hydrogen-bond donors (Lipinski definition) is 1. The van der Waals surface area contributed by atoms with Gasteiger partial charge in [0.05, 0.1) is 6.54 Å². The van der Waals surface area contributed by atoms with E-state index >= 15 is 0 Å². The molecule has 25 heavy (non-hydrogen) atoms. The number of rotatable bonds is 3. The molecule has 1 aliphatic heterocycles. The topological polar surface area (TPSA) is 57.8 Å². The number of halogens is 3. The lowest BCUT2D eigenvalue weighted by Crippen LogP contribution is -2.51. The van der Waals surface area contributed by atoms with Gasteiger partial charge < -0.3 is 15.5 Å². The third-order valence-corrected chi connectivity index (χ3v) is 4.23. The van der Waals surface area contributed by atoms with Crippen LogP contribution in [0.3, 0.4) is 0 Å². The predicted molar refractivity (Wildman–Crippen MR) is 110 cm³/mol. The summed E-state index contributed by atoms with van der Waals surface area (Å²) in [5.74, 6) is 0.314. The average molecular weight is 476 g/mol. The van der Waals surface area contributed by atoms with Gasteiger partial charge in [-0.25, -0.2) is 14.4 Å². The van der Waals surface area contributed by atoms with E-state index in [1.807, 2.05) is 6.07 Å². The number of piperazine rings is 1. The van der Waals surface area contributed by atoms with Crippen LogP contribution in [-0.4, -0.2) is 42.0 Å². The van der Waals surface area contributed by atoms with Gasteiger partial charge in [0.1, 0.15) is 11.0 Å². The van der Waals surface area contributed by atoms with E-state index in [0.29, 0.717) is 17.7 Å². The summed E-state index contributed by atoms with van der Waals surface area (Å²) in [5.41, 5.74) is 8.08. The van der Waals surface area contributed by atoms with Gasteiger partial charge in [0, 0.05) is 38.1 Å². The second-order valence-electron chi connectivity index (χ2n) is 5.61. The second kappa shape index (κ2) is 9.19. The van der Waals surface area contributed by atoms with Crippen molar-refractivity contribution in [3.8, 4) is 0 Å². The molecule has 0 radical (unpaired) electrons. The quantitative estimate of drug-likeness (QED) is 0.321. The number of nitrogens with two attached hydrogens (primary N) is 1. The van der Waals surface area contributed by atoms with Gasteiger partial charge in [0.15, 0.2) is 5.96 Å². The zero-order valence-corrected chi connectivity index (χ0v) is 16.7. The first kappa shape index (κ1) is 19.7. The molecular formula is C17H20ClFIN5. The van der Waals surface area contributed by atoms with E-state index in [4.69, 9.17) is 17.3 Å². The summed E-state index contributed by atoms with van der Waals surface area (Å²) in [6, 6.07) is 10.2. The summed E-state index contributed by atoms with van der Waals surface area (Å²) in [7, 11) is 0. The molecule has 0 bridgehead atoms. The summed E-state index contributed by atoms with van der Waals surface area (Å²) in [6.07, 6.45) is 1.70. The highest BCUT2D eigenvalue weighted by atomic mass is 127. The molecular weight excluding hydrogens is 456 g/mol. The number of guanidine groups is 1. The Kier molecular flexibility index (Phi) is 7.24. The SMILES string of the molecule is I.NC(=NCc1ccc(Cl)nc1)N1CCN(c2ccc(F)cc2)CC1. The Morgan fingerprint density at radius 3 is 2.40 bits per heavy atom. The zero-order chi connectivity index (χ0) is 16.9. The van der Waals surface area contributed by atoms with Gasteiger partial charge in [-0.2, -0.15) is 0 Å². The molecule has 1 saturated heterocycles. The van der Waals surface area contributed by atoms with Crippen molar-refractivity contribution in [1.29, 1.82) is 0 Å². The van der Waals surface area contributed by atoms with Crippen LogP contribution in [0.5, 0.6) is 0 Å². The number of anilines is 1. The Balaban J connectivity index is 0.00000225. The van der Waals surface area contributed by atoms with Crippen LogP contribution >= 0.6 is 35.6 Å². The van der Waals surface area contributed by atoms with E-state index in [9.17, 15) is 4.39 Å². The van der Waals surface area contributed by atoms with Crippen LogP contribution in [-0.2, 0) is 6.54 Å². The number of nitrogens with zero attached hydrogens (tertiary/aromatic N) is 4. The van der Waals surface area contributed by atoms with Crippen molar-refractivity contribution in [2.24, 2.45) is 10.7 Å². The monoisotopic (exact) mass is 475 g/mol. The molecule has 1 aliphatic rings. The summed E-state index contributed by atoms with van der Waals surface area (Å²) in [6.45, 7) is 3.69. The van der Waals surface area contributed by atoms with Crippen LogP contribution < -0.4 is 10.6 Å². The van der Waals surface area contributed by atoms with Gasteiger partial charge >= 0.3 is 0 Å². The van der Waals surface area contributed by atoms with E-state index < -0.39 is 0 Å². The van der Waals surface area contributed by atoms with Gasteiger partial charge in [0.25, 0.3) is 0 Å². The highest BCUT2D eigenvalue weighted by Crippen LogP contribution is 2.17. The number of aromatic nitrogens is 1. The molecule has 1 fully saturated rings. The maximum absolute atomic E-state index is 13.0. The molecule has 3 rings (SSSR count). The average Bonchev–Trinajstić information content (AvgIpc) is 2.62. The Bertz CT molecular complexity index is 700. The Hall–Kier alpha value is -1.61. The second-order valence-corrected chi connectivity index (χ2v) is 6.00. The normalized spacial score (nSPS) is 15.0. The molecule has 1 aromatic carbocycles. The lowest BCUT2D eigenvalue weighted by Gasteiger charge is -2.36. The van der Waals surface area contributed by atoms with Gasteiger partial charge in [-0.3, -0.25) is 0 Å². The van der Waals surface area contributed by atoms with Crippen molar-refractivity contribution in [2.75, 3.05) is 31.1 Å². The molecule has 134 valence electrons. The molecule has 1 aromatic heterocycles. The van der Waals surface area contributed by atoms with Crippen molar-refractivity contribution in [2.45, 2.75) is 6.54 Å². The molecule has 2 heterocycles. The summed E-state index contributed by atoms with van der Waals surface area (Å²) < 4.78 is 13.0. The molecule has 8 heteroatoms. The fraction of sp³-hybridized carbons (Fsp3) is 0.294. The van der Waals surface area contributed by atoms with Crippen molar-refractivity contribution in [1.82, 2.24) is 9.88 Å². The van der Waals surface area contributed by atoms with Crippen LogP contribution in [0.4, 0.5) is 10.1 Å². The van der Waals surface area contributed by atoms with Gasteiger partial charge in [-0.15, -0.1) is 24.0 Å². The Morgan fingerprint density at radius 2 is 1.80 bits per heavy atom. The van der Waals surface area contributed by atoms with E-state index in [1.54, 1.807) is 24.4 Å². The van der Waals surface area contributed by atoms with E-state index in [0.717, 1.165) is 37.4 Å². The van der Waals surface area contributed by atoms with Crippen molar-refractivity contribution >= 4 is 47.2 Å².